The molecule has 0 radical (unpaired) electrons. The van der Waals surface area contributed by atoms with Crippen molar-refractivity contribution < 1.29 is 9.18 Å². The van der Waals surface area contributed by atoms with E-state index < -0.39 is 0 Å². The molecule has 2 heterocycles. The molecule has 1 atom stereocenters. The summed E-state index contributed by atoms with van der Waals surface area (Å²) in [6.45, 7) is 7.97. The Balaban J connectivity index is 1.76. The number of hydrogen-bond acceptors (Lipinski definition) is 3. The van der Waals surface area contributed by atoms with Crippen LogP contribution in [0.3, 0.4) is 0 Å². The molecule has 2 N–H and O–H groups in total. The zero-order valence-corrected chi connectivity index (χ0v) is 15.7. The average Bonchev–Trinajstić information content (AvgIpc) is 2.89. The maximum absolute atomic E-state index is 14.0. The molecule has 0 unspecified atom stereocenters. The van der Waals surface area contributed by atoms with Gasteiger partial charge in [0, 0.05) is 16.7 Å². The van der Waals surface area contributed by atoms with Crippen LogP contribution in [0.1, 0.15) is 44.5 Å². The molecule has 134 valence electrons. The Morgan fingerprint density at radius 1 is 1.40 bits per heavy atom. The number of hydrogen-bond donors (Lipinski definition) is 2. The summed E-state index contributed by atoms with van der Waals surface area (Å²) in [6.07, 6.45) is 0.770. The lowest BCUT2D eigenvalue weighted by Gasteiger charge is -2.27. The molecule has 3 rings (SSSR count). The number of urea groups is 1. The topological polar surface area (TPSA) is 59.0 Å². The van der Waals surface area contributed by atoms with Gasteiger partial charge in [0.2, 0.25) is 0 Å². The first kappa shape index (κ1) is 17.8. The highest BCUT2D eigenvalue weighted by Gasteiger charge is 2.25. The Morgan fingerprint density at radius 3 is 2.88 bits per heavy atom. The van der Waals surface area contributed by atoms with Crippen LogP contribution in [0.4, 0.5) is 15.0 Å². The lowest BCUT2D eigenvalue weighted by molar-refractivity contribution is 0.247. The van der Waals surface area contributed by atoms with Crippen molar-refractivity contribution in [3.63, 3.8) is 0 Å². The summed E-state index contributed by atoms with van der Waals surface area (Å²) in [5.41, 5.74) is 1.44. The van der Waals surface area contributed by atoms with Crippen molar-refractivity contribution in [1.82, 2.24) is 15.1 Å². The van der Waals surface area contributed by atoms with Crippen LogP contribution in [0.2, 0.25) is 0 Å². The van der Waals surface area contributed by atoms with Crippen molar-refractivity contribution in [2.24, 2.45) is 0 Å². The monoisotopic (exact) mass is 362 g/mol. The van der Waals surface area contributed by atoms with E-state index in [1.165, 1.54) is 17.8 Å². The second-order valence-electron chi connectivity index (χ2n) is 7.20. The second kappa shape index (κ2) is 6.71. The highest BCUT2D eigenvalue weighted by Crippen LogP contribution is 2.37. The van der Waals surface area contributed by atoms with Crippen molar-refractivity contribution in [3.8, 4) is 0 Å². The molecule has 0 saturated carbocycles. The molecule has 0 bridgehead atoms. The number of carbonyl (C=O) groups is 1. The number of nitrogens with one attached hydrogen (secondary N) is 2. The second-order valence-corrected chi connectivity index (χ2v) is 8.31. The molecule has 5 nitrogen and oxygen atoms in total. The molecule has 2 amide bonds. The highest BCUT2D eigenvalue weighted by molar-refractivity contribution is 7.99. The van der Waals surface area contributed by atoms with Crippen LogP contribution in [-0.2, 0) is 5.54 Å². The maximum Gasteiger partial charge on any atom is 0.320 e. The van der Waals surface area contributed by atoms with E-state index in [0.717, 1.165) is 23.4 Å². The summed E-state index contributed by atoms with van der Waals surface area (Å²) >= 11 is 1.50. The zero-order chi connectivity index (χ0) is 18.2. The van der Waals surface area contributed by atoms with Crippen LogP contribution in [0.25, 0.3) is 0 Å². The standard InChI is InChI=1S/C18H23FN4OS/c1-11-10-15(23(22-11)18(2,3)4)21-17(24)20-14-8-9-25-16-12(14)6-5-7-13(16)19/h5-7,10,14H,8-9H2,1-4H3,(H2,20,21,24)/t14-/m1/s1. The fraction of sp³-hybridized carbons (Fsp3) is 0.444. The quantitative estimate of drug-likeness (QED) is 0.830. The summed E-state index contributed by atoms with van der Waals surface area (Å²) in [5, 5.41) is 10.3. The third-order valence-electron chi connectivity index (χ3n) is 4.04. The first-order valence-electron chi connectivity index (χ1n) is 8.31. The molecule has 1 aliphatic rings. The molecule has 1 aromatic carbocycles. The van der Waals surface area contributed by atoms with Crippen LogP contribution in [0.15, 0.2) is 29.2 Å². The number of amides is 2. The molecule has 1 aromatic heterocycles. The van der Waals surface area contributed by atoms with Crippen molar-refractivity contribution in [1.29, 1.82) is 0 Å². The minimum atomic E-state index is -0.308. The Kier molecular flexibility index (Phi) is 4.77. The Morgan fingerprint density at radius 2 is 2.16 bits per heavy atom. The molecular formula is C18H23FN4OS. The summed E-state index contributed by atoms with van der Waals surface area (Å²) in [7, 11) is 0. The van der Waals surface area contributed by atoms with Crippen LogP contribution >= 0.6 is 11.8 Å². The van der Waals surface area contributed by atoms with Gasteiger partial charge in [0.15, 0.2) is 0 Å². The van der Waals surface area contributed by atoms with Gasteiger partial charge in [-0.15, -0.1) is 11.8 Å². The smallest absolute Gasteiger partial charge is 0.320 e. The van der Waals surface area contributed by atoms with Crippen molar-refractivity contribution in [2.75, 3.05) is 11.1 Å². The molecular weight excluding hydrogens is 339 g/mol. The minimum absolute atomic E-state index is 0.195. The number of aryl methyl sites for hydroxylation is 1. The fourth-order valence-electron chi connectivity index (χ4n) is 2.95. The highest BCUT2D eigenvalue weighted by atomic mass is 32.2. The van der Waals surface area contributed by atoms with E-state index >= 15 is 0 Å². The van der Waals surface area contributed by atoms with E-state index in [4.69, 9.17) is 0 Å². The number of nitrogens with zero attached hydrogens (tertiary/aromatic N) is 2. The molecule has 2 aromatic rings. The van der Waals surface area contributed by atoms with E-state index in [1.807, 2.05) is 39.8 Å². The van der Waals surface area contributed by atoms with E-state index in [-0.39, 0.29) is 23.4 Å². The van der Waals surface area contributed by atoms with Gasteiger partial charge in [-0.1, -0.05) is 12.1 Å². The largest absolute Gasteiger partial charge is 0.331 e. The number of rotatable bonds is 2. The molecule has 25 heavy (non-hydrogen) atoms. The van der Waals surface area contributed by atoms with Crippen molar-refractivity contribution in [3.05, 3.63) is 41.3 Å². The van der Waals surface area contributed by atoms with Crippen LogP contribution in [-0.4, -0.2) is 21.6 Å². The van der Waals surface area contributed by atoms with E-state index in [9.17, 15) is 9.18 Å². The zero-order valence-electron chi connectivity index (χ0n) is 14.9. The third kappa shape index (κ3) is 3.81. The average molecular weight is 362 g/mol. The van der Waals surface area contributed by atoms with E-state index in [0.29, 0.717) is 10.7 Å². The Hall–Kier alpha value is -2.02. The predicted molar refractivity (Wildman–Crippen MR) is 98.6 cm³/mol. The van der Waals surface area contributed by atoms with Gasteiger partial charge >= 0.3 is 6.03 Å². The van der Waals surface area contributed by atoms with Crippen LogP contribution in [0, 0.1) is 12.7 Å². The van der Waals surface area contributed by atoms with Gasteiger partial charge in [-0.2, -0.15) is 5.10 Å². The minimum Gasteiger partial charge on any atom is -0.331 e. The van der Waals surface area contributed by atoms with Gasteiger partial charge in [0.25, 0.3) is 0 Å². The lowest BCUT2D eigenvalue weighted by atomic mass is 10.0. The maximum atomic E-state index is 14.0. The van der Waals surface area contributed by atoms with Crippen LogP contribution < -0.4 is 10.6 Å². The normalized spacial score (nSPS) is 17.1. The predicted octanol–water partition coefficient (Wildman–Crippen LogP) is 4.44. The number of thioether (sulfide) groups is 1. The molecule has 0 spiro atoms. The van der Waals surface area contributed by atoms with Gasteiger partial charge in [-0.25, -0.2) is 13.9 Å². The summed E-state index contributed by atoms with van der Waals surface area (Å²) in [5.74, 6) is 1.20. The molecule has 1 aliphatic heterocycles. The first-order valence-corrected chi connectivity index (χ1v) is 9.30. The SMILES string of the molecule is Cc1cc(NC(=O)N[C@@H]2CCSc3c(F)cccc32)n(C(C)(C)C)n1. The van der Waals surface area contributed by atoms with Crippen molar-refractivity contribution in [2.45, 2.75) is 50.6 Å². The summed E-state index contributed by atoms with van der Waals surface area (Å²) < 4.78 is 15.8. The van der Waals surface area contributed by atoms with Crippen LogP contribution in [0.5, 0.6) is 0 Å². The number of carbonyl (C=O) groups excluding carboxylic acids is 1. The number of aromatic nitrogens is 2. The van der Waals surface area contributed by atoms with E-state index in [1.54, 1.807) is 10.7 Å². The lowest BCUT2D eigenvalue weighted by Crippen LogP contribution is -2.36. The first-order chi connectivity index (χ1) is 11.8. The van der Waals surface area contributed by atoms with Gasteiger partial charge in [-0.05, 0) is 45.7 Å². The molecule has 7 heteroatoms. The molecule has 0 saturated heterocycles. The van der Waals surface area contributed by atoms with Crippen molar-refractivity contribution >= 4 is 23.6 Å². The van der Waals surface area contributed by atoms with Gasteiger partial charge < -0.3 is 5.32 Å². The van der Waals surface area contributed by atoms with Gasteiger partial charge in [-0.3, -0.25) is 5.32 Å². The number of halogens is 1. The molecule has 0 fully saturated rings. The Labute approximate surface area is 151 Å². The number of anilines is 1. The number of fused-ring (bicyclic) bond motifs is 1. The number of benzene rings is 1. The molecule has 0 aliphatic carbocycles. The summed E-state index contributed by atoms with van der Waals surface area (Å²) in [6, 6.07) is 6.36. The van der Waals surface area contributed by atoms with E-state index in [2.05, 4.69) is 15.7 Å². The Bertz CT molecular complexity index is 797. The summed E-state index contributed by atoms with van der Waals surface area (Å²) in [4.78, 5) is 13.1. The van der Waals surface area contributed by atoms with Gasteiger partial charge in [0.1, 0.15) is 11.6 Å². The fourth-order valence-corrected chi connectivity index (χ4v) is 4.09. The van der Waals surface area contributed by atoms with Gasteiger partial charge in [0.05, 0.1) is 17.3 Å². The third-order valence-corrected chi connectivity index (χ3v) is 5.20.